The Hall–Kier alpha value is -4.59. The van der Waals surface area contributed by atoms with Gasteiger partial charge in [0, 0.05) is 41.3 Å². The molecule has 0 spiro atoms. The first kappa shape index (κ1) is 29.9. The summed E-state index contributed by atoms with van der Waals surface area (Å²) in [5.74, 6) is 0.00185. The van der Waals surface area contributed by atoms with E-state index in [0.717, 1.165) is 23.3 Å². The van der Waals surface area contributed by atoms with Crippen molar-refractivity contribution in [3.63, 3.8) is 0 Å². The van der Waals surface area contributed by atoms with E-state index in [-0.39, 0.29) is 22.2 Å². The number of pyridine rings is 1. The predicted molar refractivity (Wildman–Crippen MR) is 153 cm³/mol. The van der Waals surface area contributed by atoms with E-state index in [9.17, 15) is 26.7 Å². The van der Waals surface area contributed by atoms with E-state index in [1.54, 1.807) is 30.6 Å². The van der Waals surface area contributed by atoms with Crippen molar-refractivity contribution in [2.24, 2.45) is 0 Å². The van der Waals surface area contributed by atoms with Gasteiger partial charge in [0.15, 0.2) is 0 Å². The smallest absolute Gasteiger partial charge is 0.387 e. The molecule has 13 heteroatoms. The lowest BCUT2D eigenvalue weighted by Gasteiger charge is -2.12. The molecule has 1 unspecified atom stereocenters. The highest BCUT2D eigenvalue weighted by Crippen LogP contribution is 2.32. The third kappa shape index (κ3) is 7.63. The summed E-state index contributed by atoms with van der Waals surface area (Å²) in [7, 11) is -3.90. The number of halogens is 3. The molecule has 3 aromatic carbocycles. The van der Waals surface area contributed by atoms with Gasteiger partial charge in [0.25, 0.3) is 15.9 Å². The lowest BCUT2D eigenvalue weighted by Crippen LogP contribution is -2.23. The molecule has 0 fully saturated rings. The van der Waals surface area contributed by atoms with E-state index in [0.29, 0.717) is 30.8 Å². The van der Waals surface area contributed by atoms with Crippen LogP contribution in [0.2, 0.25) is 0 Å². The van der Waals surface area contributed by atoms with E-state index < -0.39 is 27.9 Å². The predicted octanol–water partition coefficient (Wildman–Crippen LogP) is 5.48. The molecular formula is C30H26F3N5O4S. The van der Waals surface area contributed by atoms with Gasteiger partial charge in [-0.05, 0) is 79.2 Å². The normalized spacial score (nSPS) is 12.7. The number of nitrogens with one attached hydrogen (secondary N) is 2. The van der Waals surface area contributed by atoms with Crippen LogP contribution in [0.1, 0.15) is 22.8 Å². The topological polar surface area (TPSA) is 130 Å². The van der Waals surface area contributed by atoms with E-state index in [4.69, 9.17) is 4.52 Å². The van der Waals surface area contributed by atoms with Crippen LogP contribution < -0.4 is 10.0 Å². The highest BCUT2D eigenvalue weighted by molar-refractivity contribution is 7.92. The molecule has 0 bridgehead atoms. The highest BCUT2D eigenvalue weighted by atomic mass is 32.2. The molecule has 9 nitrogen and oxygen atoms in total. The van der Waals surface area contributed by atoms with Gasteiger partial charge in [-0.3, -0.25) is 9.71 Å². The number of aliphatic hydroxyl groups excluding tert-OH is 1. The number of sulfonamides is 1. The van der Waals surface area contributed by atoms with Gasteiger partial charge in [-0.25, -0.2) is 8.42 Å². The van der Waals surface area contributed by atoms with Crippen LogP contribution in [0.3, 0.4) is 0 Å². The zero-order chi connectivity index (χ0) is 30.5. The molecule has 0 aliphatic carbocycles. The molecule has 0 amide bonds. The molecule has 0 saturated heterocycles. The van der Waals surface area contributed by atoms with Crippen molar-refractivity contribution in [1.29, 1.82) is 0 Å². The van der Waals surface area contributed by atoms with Gasteiger partial charge in [-0.2, -0.15) is 18.2 Å². The Morgan fingerprint density at radius 3 is 2.40 bits per heavy atom. The first-order valence-corrected chi connectivity index (χ1v) is 14.6. The Morgan fingerprint density at radius 1 is 0.930 bits per heavy atom. The average Bonchev–Trinajstić information content (AvgIpc) is 3.51. The Kier molecular flexibility index (Phi) is 8.85. The maximum Gasteiger partial charge on any atom is 0.416 e. The van der Waals surface area contributed by atoms with Crippen molar-refractivity contribution < 1.29 is 31.2 Å². The molecular weight excluding hydrogens is 583 g/mol. The molecule has 0 aliphatic heterocycles. The number of alkyl halides is 3. The van der Waals surface area contributed by atoms with Crippen LogP contribution in [-0.4, -0.2) is 41.7 Å². The summed E-state index contributed by atoms with van der Waals surface area (Å²) < 4.78 is 72.7. The highest BCUT2D eigenvalue weighted by Gasteiger charge is 2.31. The molecule has 2 aromatic heterocycles. The number of aliphatic hydroxyl groups is 1. The van der Waals surface area contributed by atoms with E-state index in [1.807, 2.05) is 18.2 Å². The Bertz CT molecular complexity index is 1760. The summed E-state index contributed by atoms with van der Waals surface area (Å²) >= 11 is 0. The average molecular weight is 610 g/mol. The Morgan fingerprint density at radius 2 is 1.70 bits per heavy atom. The van der Waals surface area contributed by atoms with Crippen molar-refractivity contribution in [3.8, 4) is 22.8 Å². The molecule has 43 heavy (non-hydrogen) atoms. The van der Waals surface area contributed by atoms with E-state index >= 15 is 0 Å². The van der Waals surface area contributed by atoms with Gasteiger partial charge in [0.2, 0.25) is 5.82 Å². The van der Waals surface area contributed by atoms with Crippen molar-refractivity contribution in [2.45, 2.75) is 23.6 Å². The van der Waals surface area contributed by atoms with Gasteiger partial charge in [-0.1, -0.05) is 29.4 Å². The second-order valence-electron chi connectivity index (χ2n) is 9.58. The van der Waals surface area contributed by atoms with Crippen LogP contribution in [0.5, 0.6) is 0 Å². The fourth-order valence-electron chi connectivity index (χ4n) is 4.19. The van der Waals surface area contributed by atoms with Crippen molar-refractivity contribution in [2.75, 3.05) is 17.8 Å². The summed E-state index contributed by atoms with van der Waals surface area (Å²) in [5, 5.41) is 17.2. The molecule has 222 valence electrons. The van der Waals surface area contributed by atoms with Gasteiger partial charge >= 0.3 is 6.18 Å². The second-order valence-corrected chi connectivity index (χ2v) is 11.3. The molecule has 5 rings (SSSR count). The minimum atomic E-state index is -4.51. The number of benzene rings is 3. The summed E-state index contributed by atoms with van der Waals surface area (Å²) in [5.41, 5.74) is 1.80. The number of hydrogen-bond donors (Lipinski definition) is 3. The Balaban J connectivity index is 1.16. The third-order valence-electron chi connectivity index (χ3n) is 6.49. The summed E-state index contributed by atoms with van der Waals surface area (Å²) in [6.45, 7) is 1.00. The molecule has 0 aliphatic rings. The maximum absolute atomic E-state index is 13.0. The minimum absolute atomic E-state index is 0.00158. The third-order valence-corrected chi connectivity index (χ3v) is 7.89. The minimum Gasteiger partial charge on any atom is -0.387 e. The molecule has 3 N–H and O–H groups in total. The maximum atomic E-state index is 13.0. The van der Waals surface area contributed by atoms with Gasteiger partial charge in [0.1, 0.15) is 0 Å². The van der Waals surface area contributed by atoms with E-state index in [2.05, 4.69) is 25.2 Å². The molecule has 2 heterocycles. The van der Waals surface area contributed by atoms with Crippen molar-refractivity contribution in [1.82, 2.24) is 20.4 Å². The van der Waals surface area contributed by atoms with Gasteiger partial charge < -0.3 is 14.9 Å². The fraction of sp³-hybridized carbons (Fsp3) is 0.167. The summed E-state index contributed by atoms with van der Waals surface area (Å²) in [6, 6.07) is 20.8. The van der Waals surface area contributed by atoms with Crippen LogP contribution in [-0.2, 0) is 22.6 Å². The molecule has 0 saturated carbocycles. The number of rotatable bonds is 11. The standard InChI is InChI=1S/C30H26F3N5O4S/c31-30(32,33)24-5-1-3-22(17-24)29-36-28(37-42-29)21-8-12-26(13-9-21)43(40,41)38-25-10-6-20(7-11-25)14-16-35-19-27(39)23-4-2-15-34-18-23/h1-13,15,17-18,27,35,38-39H,14,16,19H2. The lowest BCUT2D eigenvalue weighted by molar-refractivity contribution is -0.137. The molecule has 1 atom stereocenters. The van der Waals surface area contributed by atoms with Crippen LogP contribution in [0.4, 0.5) is 18.9 Å². The lowest BCUT2D eigenvalue weighted by atomic mass is 10.1. The van der Waals surface area contributed by atoms with Crippen molar-refractivity contribution >= 4 is 15.7 Å². The summed E-state index contributed by atoms with van der Waals surface area (Å²) in [6.07, 6.45) is -1.22. The summed E-state index contributed by atoms with van der Waals surface area (Å²) in [4.78, 5) is 8.16. The number of hydrogen-bond acceptors (Lipinski definition) is 8. The monoisotopic (exact) mass is 609 g/mol. The number of anilines is 1. The van der Waals surface area contributed by atoms with Crippen LogP contribution in [0.25, 0.3) is 22.8 Å². The molecule has 0 radical (unpaired) electrons. The van der Waals surface area contributed by atoms with Gasteiger partial charge in [0.05, 0.1) is 16.6 Å². The van der Waals surface area contributed by atoms with E-state index in [1.165, 1.54) is 36.4 Å². The van der Waals surface area contributed by atoms with Crippen LogP contribution >= 0.6 is 0 Å². The number of nitrogens with zero attached hydrogens (tertiary/aromatic N) is 3. The van der Waals surface area contributed by atoms with Gasteiger partial charge in [-0.15, -0.1) is 0 Å². The zero-order valence-corrected chi connectivity index (χ0v) is 23.3. The molecule has 5 aromatic rings. The largest absolute Gasteiger partial charge is 0.416 e. The van der Waals surface area contributed by atoms with Crippen molar-refractivity contribution in [3.05, 3.63) is 114 Å². The first-order chi connectivity index (χ1) is 20.6. The fourth-order valence-corrected chi connectivity index (χ4v) is 5.24. The first-order valence-electron chi connectivity index (χ1n) is 13.1. The SMILES string of the molecule is O=S(=O)(Nc1ccc(CCNCC(O)c2cccnc2)cc1)c1ccc(-c2noc(-c3cccc(C(F)(F)F)c3)n2)cc1. The second kappa shape index (κ2) is 12.7. The van der Waals surface area contributed by atoms with Crippen LogP contribution in [0, 0.1) is 0 Å². The van der Waals surface area contributed by atoms with Crippen LogP contribution in [0.15, 0.2) is 107 Å². The Labute approximate surface area is 245 Å². The zero-order valence-electron chi connectivity index (χ0n) is 22.5. The quantitative estimate of drug-likeness (QED) is 0.168. The number of aromatic nitrogens is 3.